The van der Waals surface area contributed by atoms with Gasteiger partial charge in [0.2, 0.25) is 5.91 Å². The molecular formula is C19H24N2O2S2. The smallest absolute Gasteiger partial charge is 0.254 e. The van der Waals surface area contributed by atoms with Crippen LogP contribution in [0.3, 0.4) is 0 Å². The van der Waals surface area contributed by atoms with E-state index in [1.54, 1.807) is 0 Å². The first kappa shape index (κ1) is 17.3. The van der Waals surface area contributed by atoms with Crippen LogP contribution < -0.4 is 0 Å². The first-order chi connectivity index (χ1) is 12.2. The van der Waals surface area contributed by atoms with Crippen LogP contribution in [0, 0.1) is 0 Å². The largest absolute Gasteiger partial charge is 0.341 e. The lowest BCUT2D eigenvalue weighted by molar-refractivity contribution is -0.133. The zero-order chi connectivity index (χ0) is 17.3. The normalized spacial score (nSPS) is 22.8. The fraction of sp³-hybridized carbons (Fsp3) is 0.579. The van der Waals surface area contributed by atoms with Crippen molar-refractivity contribution in [2.45, 2.75) is 31.3 Å². The molecule has 0 radical (unpaired) electrons. The molecule has 0 atom stereocenters. The molecule has 0 unspecified atom stereocenters. The lowest BCUT2D eigenvalue weighted by Gasteiger charge is -2.45. The van der Waals surface area contributed by atoms with E-state index in [4.69, 9.17) is 0 Å². The predicted molar refractivity (Wildman–Crippen MR) is 104 cm³/mol. The van der Waals surface area contributed by atoms with Gasteiger partial charge in [-0.05, 0) is 36.0 Å². The number of nitrogens with zero attached hydrogens (tertiary/aromatic N) is 2. The van der Waals surface area contributed by atoms with E-state index >= 15 is 0 Å². The first-order valence-electron chi connectivity index (χ1n) is 9.03. The molecule has 0 saturated carbocycles. The van der Waals surface area contributed by atoms with Gasteiger partial charge < -0.3 is 9.80 Å². The van der Waals surface area contributed by atoms with Gasteiger partial charge in [-0.25, -0.2) is 0 Å². The van der Waals surface area contributed by atoms with E-state index in [9.17, 15) is 9.59 Å². The van der Waals surface area contributed by atoms with Gasteiger partial charge in [-0.1, -0.05) is 18.2 Å². The van der Waals surface area contributed by atoms with Crippen LogP contribution in [-0.4, -0.2) is 63.3 Å². The second-order valence-corrected chi connectivity index (χ2v) is 9.50. The molecule has 4 nitrogen and oxygen atoms in total. The Kier molecular flexibility index (Phi) is 5.00. The number of hydrogen-bond acceptors (Lipinski definition) is 4. The number of fused-ring (bicyclic) bond motifs is 1. The SMILES string of the molecule is O=C(CC1(N2Cc3ccccc3C2=O)CCSCC1)N1CCSCC1. The summed E-state index contributed by atoms with van der Waals surface area (Å²) in [6, 6.07) is 7.89. The molecule has 2 saturated heterocycles. The van der Waals surface area contributed by atoms with E-state index in [0.717, 1.165) is 60.1 Å². The number of amides is 2. The maximum atomic E-state index is 13.0. The van der Waals surface area contributed by atoms with Crippen LogP contribution in [0.25, 0.3) is 0 Å². The van der Waals surface area contributed by atoms with Gasteiger partial charge in [0.15, 0.2) is 0 Å². The Morgan fingerprint density at radius 3 is 2.44 bits per heavy atom. The van der Waals surface area contributed by atoms with Gasteiger partial charge in [-0.3, -0.25) is 9.59 Å². The summed E-state index contributed by atoms with van der Waals surface area (Å²) in [5.74, 6) is 4.47. The quantitative estimate of drug-likeness (QED) is 0.813. The number of carbonyl (C=O) groups is 2. The third-order valence-electron chi connectivity index (χ3n) is 5.66. The molecule has 25 heavy (non-hydrogen) atoms. The van der Waals surface area contributed by atoms with Gasteiger partial charge in [0.05, 0.1) is 12.0 Å². The zero-order valence-corrected chi connectivity index (χ0v) is 16.0. The van der Waals surface area contributed by atoms with Crippen molar-refractivity contribution in [3.8, 4) is 0 Å². The van der Waals surface area contributed by atoms with Crippen molar-refractivity contribution >= 4 is 35.3 Å². The average molecular weight is 377 g/mol. The molecule has 0 aromatic heterocycles. The van der Waals surface area contributed by atoms with Crippen LogP contribution in [0.15, 0.2) is 24.3 Å². The number of thioether (sulfide) groups is 2. The Hall–Kier alpha value is -1.14. The van der Waals surface area contributed by atoms with Crippen molar-refractivity contribution in [3.63, 3.8) is 0 Å². The fourth-order valence-corrected chi connectivity index (χ4v) is 6.29. The minimum atomic E-state index is -0.303. The highest BCUT2D eigenvalue weighted by Crippen LogP contribution is 2.40. The van der Waals surface area contributed by atoms with Crippen LogP contribution in [0.1, 0.15) is 35.2 Å². The highest BCUT2D eigenvalue weighted by atomic mass is 32.2. The maximum absolute atomic E-state index is 13.0. The third-order valence-corrected chi connectivity index (χ3v) is 7.59. The minimum absolute atomic E-state index is 0.115. The van der Waals surface area contributed by atoms with Gasteiger partial charge in [0, 0.05) is 36.7 Å². The lowest BCUT2D eigenvalue weighted by atomic mass is 9.85. The maximum Gasteiger partial charge on any atom is 0.254 e. The van der Waals surface area contributed by atoms with E-state index in [1.807, 2.05) is 57.6 Å². The molecule has 6 heteroatoms. The van der Waals surface area contributed by atoms with Crippen LogP contribution in [0.4, 0.5) is 0 Å². The summed E-state index contributed by atoms with van der Waals surface area (Å²) in [4.78, 5) is 30.1. The standard InChI is InChI=1S/C19H24N2O2S2/c22-17(20-7-11-25-12-8-20)13-19(5-9-24-10-6-19)21-14-15-3-1-2-4-16(15)18(21)23/h1-4H,5-14H2. The summed E-state index contributed by atoms with van der Waals surface area (Å²) in [7, 11) is 0. The Labute approximate surface area is 157 Å². The molecule has 0 N–H and O–H groups in total. The van der Waals surface area contributed by atoms with Crippen LogP contribution >= 0.6 is 23.5 Å². The van der Waals surface area contributed by atoms with Crippen LogP contribution in [0.5, 0.6) is 0 Å². The van der Waals surface area contributed by atoms with Crippen molar-refractivity contribution in [3.05, 3.63) is 35.4 Å². The van der Waals surface area contributed by atoms with Crippen molar-refractivity contribution in [2.24, 2.45) is 0 Å². The molecule has 0 spiro atoms. The van der Waals surface area contributed by atoms with Crippen molar-refractivity contribution < 1.29 is 9.59 Å². The minimum Gasteiger partial charge on any atom is -0.341 e. The van der Waals surface area contributed by atoms with E-state index in [2.05, 4.69) is 0 Å². The molecule has 3 aliphatic heterocycles. The molecule has 1 aromatic carbocycles. The number of hydrogen-bond donors (Lipinski definition) is 0. The van der Waals surface area contributed by atoms with E-state index < -0.39 is 0 Å². The highest BCUT2D eigenvalue weighted by molar-refractivity contribution is 7.99. The summed E-state index contributed by atoms with van der Waals surface area (Å²) in [5.41, 5.74) is 1.62. The summed E-state index contributed by atoms with van der Waals surface area (Å²) in [5, 5.41) is 0. The summed E-state index contributed by atoms with van der Waals surface area (Å²) in [6.07, 6.45) is 2.33. The molecule has 3 aliphatic rings. The van der Waals surface area contributed by atoms with E-state index in [1.165, 1.54) is 0 Å². The topological polar surface area (TPSA) is 40.6 Å². The summed E-state index contributed by atoms with van der Waals surface area (Å²) < 4.78 is 0. The molecule has 134 valence electrons. The second kappa shape index (κ2) is 7.23. The van der Waals surface area contributed by atoms with Gasteiger partial charge in [0.25, 0.3) is 5.91 Å². The molecule has 2 amide bonds. The Morgan fingerprint density at radius 1 is 1.04 bits per heavy atom. The average Bonchev–Trinajstić information content (AvgIpc) is 3.01. The van der Waals surface area contributed by atoms with Crippen LogP contribution in [-0.2, 0) is 11.3 Å². The number of benzene rings is 1. The molecule has 3 heterocycles. The van der Waals surface area contributed by atoms with Gasteiger partial charge in [0.1, 0.15) is 0 Å². The first-order valence-corrected chi connectivity index (χ1v) is 11.3. The van der Waals surface area contributed by atoms with E-state index in [0.29, 0.717) is 13.0 Å². The van der Waals surface area contributed by atoms with Crippen molar-refractivity contribution in [1.82, 2.24) is 9.80 Å². The number of carbonyl (C=O) groups excluding carboxylic acids is 2. The van der Waals surface area contributed by atoms with E-state index in [-0.39, 0.29) is 17.4 Å². The highest BCUT2D eigenvalue weighted by Gasteiger charge is 2.46. The second-order valence-electron chi connectivity index (χ2n) is 7.06. The Bertz CT molecular complexity index is 667. The summed E-state index contributed by atoms with van der Waals surface area (Å²) >= 11 is 3.85. The molecule has 0 aliphatic carbocycles. The molecule has 1 aromatic rings. The Balaban J connectivity index is 1.57. The predicted octanol–water partition coefficient (Wildman–Crippen LogP) is 2.87. The lowest BCUT2D eigenvalue weighted by Crippen LogP contribution is -2.54. The van der Waals surface area contributed by atoms with Crippen molar-refractivity contribution in [2.75, 3.05) is 36.1 Å². The molecule has 0 bridgehead atoms. The molecule has 2 fully saturated rings. The van der Waals surface area contributed by atoms with Crippen LogP contribution in [0.2, 0.25) is 0 Å². The van der Waals surface area contributed by atoms with Gasteiger partial charge in [-0.2, -0.15) is 23.5 Å². The molecular weight excluding hydrogens is 352 g/mol. The van der Waals surface area contributed by atoms with Gasteiger partial charge in [-0.15, -0.1) is 0 Å². The molecule has 4 rings (SSSR count). The van der Waals surface area contributed by atoms with Gasteiger partial charge >= 0.3 is 0 Å². The van der Waals surface area contributed by atoms with Crippen molar-refractivity contribution in [1.29, 1.82) is 0 Å². The third kappa shape index (κ3) is 3.31. The fourth-order valence-electron chi connectivity index (χ4n) is 4.14. The monoisotopic (exact) mass is 376 g/mol. The zero-order valence-electron chi connectivity index (χ0n) is 14.4. The number of rotatable bonds is 3. The summed E-state index contributed by atoms with van der Waals surface area (Å²) in [6.45, 7) is 2.35. The Morgan fingerprint density at radius 2 is 1.72 bits per heavy atom.